The fourth-order valence-electron chi connectivity index (χ4n) is 2.43. The summed E-state index contributed by atoms with van der Waals surface area (Å²) in [7, 11) is 0. The molecule has 108 valence electrons. The van der Waals surface area contributed by atoms with Crippen molar-refractivity contribution in [3.63, 3.8) is 0 Å². The zero-order valence-electron chi connectivity index (χ0n) is 12.3. The van der Waals surface area contributed by atoms with Crippen LogP contribution in [0.15, 0.2) is 41.1 Å². The van der Waals surface area contributed by atoms with Gasteiger partial charge in [0.1, 0.15) is 6.33 Å². The number of aryl methyl sites for hydroxylation is 2. The second-order valence-corrected chi connectivity index (χ2v) is 6.28. The molecule has 1 atom stereocenters. The summed E-state index contributed by atoms with van der Waals surface area (Å²) in [6, 6.07) is 10.2. The van der Waals surface area contributed by atoms with Crippen LogP contribution in [0.5, 0.6) is 0 Å². The Kier molecular flexibility index (Phi) is 3.59. The second kappa shape index (κ2) is 5.28. The molecule has 0 radical (unpaired) electrons. The first-order valence-corrected chi connectivity index (χ1v) is 7.69. The van der Waals surface area contributed by atoms with Crippen LogP contribution in [0.25, 0.3) is 16.7 Å². The fraction of sp³-hybridized carbons (Fsp3) is 0.235. The molecule has 3 rings (SSSR count). The molecular weight excluding hydrogens is 328 g/mol. The maximum absolute atomic E-state index is 9.67. The molecule has 0 saturated heterocycles. The van der Waals surface area contributed by atoms with Gasteiger partial charge < -0.3 is 5.11 Å². The lowest BCUT2D eigenvalue weighted by molar-refractivity contribution is 0.199. The Labute approximate surface area is 132 Å². The predicted molar refractivity (Wildman–Crippen MR) is 88.9 cm³/mol. The van der Waals surface area contributed by atoms with Gasteiger partial charge in [-0.25, -0.2) is 4.98 Å². The van der Waals surface area contributed by atoms with Gasteiger partial charge in [-0.2, -0.15) is 0 Å². The number of hydrogen-bond acceptors (Lipinski definition) is 2. The number of hydrogen-bond donors (Lipinski definition) is 1. The van der Waals surface area contributed by atoms with Gasteiger partial charge in [-0.3, -0.25) is 4.57 Å². The van der Waals surface area contributed by atoms with Crippen LogP contribution in [0.1, 0.15) is 29.7 Å². The van der Waals surface area contributed by atoms with E-state index in [2.05, 4.69) is 51.5 Å². The minimum Gasteiger partial charge on any atom is -0.389 e. The van der Waals surface area contributed by atoms with E-state index in [1.807, 2.05) is 24.5 Å². The van der Waals surface area contributed by atoms with Crippen molar-refractivity contribution in [3.8, 4) is 5.69 Å². The number of imidazole rings is 1. The molecule has 3 aromatic rings. The van der Waals surface area contributed by atoms with Gasteiger partial charge in [-0.1, -0.05) is 6.07 Å². The molecule has 4 heteroatoms. The van der Waals surface area contributed by atoms with Crippen molar-refractivity contribution >= 4 is 27.0 Å². The maximum atomic E-state index is 9.67. The van der Waals surface area contributed by atoms with Gasteiger partial charge >= 0.3 is 0 Å². The lowest BCUT2D eigenvalue weighted by Crippen LogP contribution is -1.97. The van der Waals surface area contributed by atoms with Crippen molar-refractivity contribution in [3.05, 3.63) is 57.8 Å². The summed E-state index contributed by atoms with van der Waals surface area (Å²) in [6.45, 7) is 5.97. The third-order valence-electron chi connectivity index (χ3n) is 3.88. The van der Waals surface area contributed by atoms with Gasteiger partial charge in [0, 0.05) is 4.47 Å². The number of aliphatic hydroxyl groups excluding tert-OH is 1. The highest BCUT2D eigenvalue weighted by Crippen LogP contribution is 2.29. The van der Waals surface area contributed by atoms with Gasteiger partial charge in [0.15, 0.2) is 0 Å². The molecule has 0 amide bonds. The quantitative estimate of drug-likeness (QED) is 0.745. The Morgan fingerprint density at radius 2 is 1.86 bits per heavy atom. The summed E-state index contributed by atoms with van der Waals surface area (Å²) in [5.74, 6) is 0. The van der Waals surface area contributed by atoms with E-state index in [4.69, 9.17) is 0 Å². The summed E-state index contributed by atoms with van der Waals surface area (Å²) in [6.07, 6.45) is 1.37. The minimum atomic E-state index is -0.472. The second-order valence-electron chi connectivity index (χ2n) is 5.43. The van der Waals surface area contributed by atoms with Crippen molar-refractivity contribution in [1.82, 2.24) is 9.55 Å². The number of nitrogens with zero attached hydrogens (tertiary/aromatic N) is 2. The molecule has 1 heterocycles. The Bertz CT molecular complexity index is 821. The smallest absolute Gasteiger partial charge is 0.100 e. The predicted octanol–water partition coefficient (Wildman–Crippen LogP) is 4.46. The number of fused-ring (bicyclic) bond motifs is 1. The van der Waals surface area contributed by atoms with E-state index in [1.165, 1.54) is 11.1 Å². The molecule has 0 fully saturated rings. The molecular formula is C17H17BrN2O. The van der Waals surface area contributed by atoms with Crippen molar-refractivity contribution < 1.29 is 5.11 Å². The van der Waals surface area contributed by atoms with Gasteiger partial charge in [0.2, 0.25) is 0 Å². The summed E-state index contributed by atoms with van der Waals surface area (Å²) < 4.78 is 3.01. The highest BCUT2D eigenvalue weighted by molar-refractivity contribution is 9.10. The van der Waals surface area contributed by atoms with Gasteiger partial charge in [0.05, 0.1) is 22.8 Å². The van der Waals surface area contributed by atoms with Crippen LogP contribution in [0.4, 0.5) is 0 Å². The number of aromatic nitrogens is 2. The molecule has 0 unspecified atom stereocenters. The van der Waals surface area contributed by atoms with Crippen molar-refractivity contribution in [2.45, 2.75) is 26.9 Å². The maximum Gasteiger partial charge on any atom is 0.100 e. The van der Waals surface area contributed by atoms with E-state index in [-0.39, 0.29) is 0 Å². The summed E-state index contributed by atoms with van der Waals surface area (Å²) in [4.78, 5) is 4.49. The SMILES string of the molecule is Cc1cc2ncn(-c3ccc([C@H](C)O)cc3Br)c2cc1C. The largest absolute Gasteiger partial charge is 0.389 e. The first-order valence-electron chi connectivity index (χ1n) is 6.89. The standard InChI is InChI=1S/C17H17BrN2O/c1-10-6-15-17(7-11(10)2)20(9-19-15)16-5-4-13(12(3)21)8-14(16)18/h4-9,12,21H,1-3H3/t12-/m0/s1. The lowest BCUT2D eigenvalue weighted by atomic mass is 10.1. The average Bonchev–Trinajstić information content (AvgIpc) is 2.82. The number of halogens is 1. The van der Waals surface area contributed by atoms with Crippen LogP contribution >= 0.6 is 15.9 Å². The first kappa shape index (κ1) is 14.3. The Hall–Kier alpha value is -1.65. The van der Waals surface area contributed by atoms with E-state index in [0.717, 1.165) is 26.8 Å². The van der Waals surface area contributed by atoms with Crippen molar-refractivity contribution in [2.24, 2.45) is 0 Å². The van der Waals surface area contributed by atoms with Crippen LogP contribution in [0.3, 0.4) is 0 Å². The number of aliphatic hydroxyl groups is 1. The normalized spacial score (nSPS) is 12.8. The number of rotatable bonds is 2. The summed E-state index contributed by atoms with van der Waals surface area (Å²) in [5, 5.41) is 9.67. The van der Waals surface area contributed by atoms with E-state index in [9.17, 15) is 5.11 Å². The Balaban J connectivity index is 2.19. The molecule has 1 aromatic heterocycles. The molecule has 0 saturated carbocycles. The molecule has 0 aliphatic heterocycles. The molecule has 2 aromatic carbocycles. The molecule has 0 aliphatic carbocycles. The summed E-state index contributed by atoms with van der Waals surface area (Å²) in [5.41, 5.74) is 6.48. The number of benzene rings is 2. The van der Waals surface area contributed by atoms with Crippen LogP contribution in [-0.2, 0) is 0 Å². The van der Waals surface area contributed by atoms with E-state index in [0.29, 0.717) is 0 Å². The van der Waals surface area contributed by atoms with E-state index < -0.39 is 6.10 Å². The van der Waals surface area contributed by atoms with Gasteiger partial charge in [-0.15, -0.1) is 0 Å². The minimum absolute atomic E-state index is 0.472. The zero-order chi connectivity index (χ0) is 15.1. The highest BCUT2D eigenvalue weighted by Gasteiger charge is 2.11. The molecule has 0 spiro atoms. The van der Waals surface area contributed by atoms with Crippen molar-refractivity contribution in [2.75, 3.05) is 0 Å². The summed E-state index contributed by atoms with van der Waals surface area (Å²) >= 11 is 3.60. The van der Waals surface area contributed by atoms with Crippen molar-refractivity contribution in [1.29, 1.82) is 0 Å². The molecule has 1 N–H and O–H groups in total. The van der Waals surface area contributed by atoms with E-state index >= 15 is 0 Å². The van der Waals surface area contributed by atoms with E-state index in [1.54, 1.807) is 6.92 Å². The molecule has 0 bridgehead atoms. The molecule has 21 heavy (non-hydrogen) atoms. The Morgan fingerprint density at radius 3 is 2.52 bits per heavy atom. The highest BCUT2D eigenvalue weighted by atomic mass is 79.9. The van der Waals surface area contributed by atoms with Crippen LogP contribution in [0.2, 0.25) is 0 Å². The Morgan fingerprint density at radius 1 is 1.14 bits per heavy atom. The molecule has 0 aliphatic rings. The third kappa shape index (κ3) is 2.49. The zero-order valence-corrected chi connectivity index (χ0v) is 13.8. The van der Waals surface area contributed by atoms with Crippen LogP contribution < -0.4 is 0 Å². The van der Waals surface area contributed by atoms with Crippen LogP contribution in [-0.4, -0.2) is 14.7 Å². The van der Waals surface area contributed by atoms with Gasteiger partial charge in [0.25, 0.3) is 0 Å². The third-order valence-corrected chi connectivity index (χ3v) is 4.51. The topological polar surface area (TPSA) is 38.0 Å². The van der Waals surface area contributed by atoms with Crippen LogP contribution in [0, 0.1) is 13.8 Å². The van der Waals surface area contributed by atoms with Gasteiger partial charge in [-0.05, 0) is 77.7 Å². The first-order chi connectivity index (χ1) is 9.97. The fourth-order valence-corrected chi connectivity index (χ4v) is 3.02. The average molecular weight is 345 g/mol. The molecule has 3 nitrogen and oxygen atoms in total. The lowest BCUT2D eigenvalue weighted by Gasteiger charge is -2.11. The monoisotopic (exact) mass is 344 g/mol.